The number of benzene rings is 3. The van der Waals surface area contributed by atoms with Gasteiger partial charge in [0.1, 0.15) is 0 Å². The van der Waals surface area contributed by atoms with Crippen molar-refractivity contribution in [3.05, 3.63) is 94.5 Å². The first-order valence-electron chi connectivity index (χ1n) is 10.3. The van der Waals surface area contributed by atoms with Gasteiger partial charge in [-0.05, 0) is 73.7 Å². The molecule has 0 spiro atoms. The molecule has 0 heterocycles. The van der Waals surface area contributed by atoms with Crippen LogP contribution in [0, 0.1) is 13.8 Å². The van der Waals surface area contributed by atoms with Gasteiger partial charge in [0.25, 0.3) is 15.9 Å². The molecule has 0 aliphatic rings. The lowest BCUT2D eigenvalue weighted by molar-refractivity contribution is 0.0939. The molecule has 0 aliphatic heterocycles. The van der Waals surface area contributed by atoms with Crippen molar-refractivity contribution >= 4 is 21.6 Å². The van der Waals surface area contributed by atoms with Gasteiger partial charge in [-0.3, -0.25) is 9.52 Å². The number of hydrogen-bond acceptors (Lipinski definition) is 3. The van der Waals surface area contributed by atoms with E-state index in [0.29, 0.717) is 16.8 Å². The number of anilines is 1. The lowest BCUT2D eigenvalue weighted by atomic mass is 10.0. The zero-order valence-corrected chi connectivity index (χ0v) is 19.1. The van der Waals surface area contributed by atoms with E-state index in [2.05, 4.69) is 17.0 Å². The summed E-state index contributed by atoms with van der Waals surface area (Å²) in [5.41, 5.74) is 4.53. The molecule has 3 aromatic carbocycles. The molecule has 0 fully saturated rings. The Morgan fingerprint density at radius 2 is 1.68 bits per heavy atom. The van der Waals surface area contributed by atoms with E-state index < -0.39 is 10.0 Å². The summed E-state index contributed by atoms with van der Waals surface area (Å²) in [7, 11) is -3.84. The van der Waals surface area contributed by atoms with Crippen LogP contribution >= 0.6 is 0 Å². The maximum atomic E-state index is 13.0. The molecule has 1 amide bonds. The fraction of sp³-hybridized carbons (Fsp3) is 0.240. The van der Waals surface area contributed by atoms with Crippen LogP contribution in [0.5, 0.6) is 0 Å². The zero-order valence-electron chi connectivity index (χ0n) is 18.3. The van der Waals surface area contributed by atoms with Gasteiger partial charge in [0.2, 0.25) is 0 Å². The zero-order chi connectivity index (χ0) is 22.6. The Labute approximate surface area is 184 Å². The van der Waals surface area contributed by atoms with E-state index in [4.69, 9.17) is 0 Å². The lowest BCUT2D eigenvalue weighted by Gasteiger charge is -2.16. The second kappa shape index (κ2) is 9.35. The van der Waals surface area contributed by atoms with Crippen LogP contribution in [0.15, 0.2) is 71.6 Å². The van der Waals surface area contributed by atoms with Crippen LogP contribution in [-0.4, -0.2) is 14.3 Å². The molecular formula is C25H28N2O3S. The van der Waals surface area contributed by atoms with Gasteiger partial charge in [-0.25, -0.2) is 8.42 Å². The molecule has 162 valence electrons. The van der Waals surface area contributed by atoms with E-state index in [1.807, 2.05) is 44.2 Å². The summed E-state index contributed by atoms with van der Waals surface area (Å²) in [4.78, 5) is 12.9. The molecule has 3 rings (SSSR count). The summed E-state index contributed by atoms with van der Waals surface area (Å²) in [5.74, 6) is -0.320. The predicted molar refractivity (Wildman–Crippen MR) is 125 cm³/mol. The molecule has 0 bridgehead atoms. The van der Waals surface area contributed by atoms with Gasteiger partial charge < -0.3 is 5.32 Å². The Hall–Kier alpha value is -3.12. The minimum Gasteiger partial charge on any atom is -0.346 e. The Morgan fingerprint density at radius 1 is 0.968 bits per heavy atom. The first-order chi connectivity index (χ1) is 14.7. The van der Waals surface area contributed by atoms with E-state index in [-0.39, 0.29) is 16.8 Å². The Bertz CT molecular complexity index is 1190. The highest BCUT2D eigenvalue weighted by Crippen LogP contribution is 2.22. The van der Waals surface area contributed by atoms with Gasteiger partial charge in [0.15, 0.2) is 0 Å². The van der Waals surface area contributed by atoms with Crippen LogP contribution in [-0.2, 0) is 16.4 Å². The molecule has 0 aromatic heterocycles. The normalized spacial score (nSPS) is 12.3. The highest BCUT2D eigenvalue weighted by molar-refractivity contribution is 7.92. The van der Waals surface area contributed by atoms with Crippen LogP contribution in [0.25, 0.3) is 0 Å². The number of amides is 1. The summed E-state index contributed by atoms with van der Waals surface area (Å²) in [6.07, 6.45) is 0.957. The number of carbonyl (C=O) groups is 1. The average molecular weight is 437 g/mol. The van der Waals surface area contributed by atoms with Crippen LogP contribution in [0.1, 0.15) is 52.5 Å². The second-order valence-corrected chi connectivity index (χ2v) is 9.40. The fourth-order valence-electron chi connectivity index (χ4n) is 3.35. The van der Waals surface area contributed by atoms with Gasteiger partial charge >= 0.3 is 0 Å². The molecule has 31 heavy (non-hydrogen) atoms. The van der Waals surface area contributed by atoms with E-state index in [1.165, 1.54) is 11.6 Å². The number of hydrogen-bond donors (Lipinski definition) is 2. The summed E-state index contributed by atoms with van der Waals surface area (Å²) in [5, 5.41) is 2.95. The van der Waals surface area contributed by atoms with E-state index >= 15 is 0 Å². The van der Waals surface area contributed by atoms with Crippen molar-refractivity contribution < 1.29 is 13.2 Å². The van der Waals surface area contributed by atoms with Gasteiger partial charge in [-0.2, -0.15) is 0 Å². The molecule has 3 aromatic rings. The number of nitrogens with one attached hydrogen (secondary N) is 2. The van der Waals surface area contributed by atoms with Crippen LogP contribution in [0.3, 0.4) is 0 Å². The third kappa shape index (κ3) is 5.52. The minimum absolute atomic E-state index is 0.0848. The van der Waals surface area contributed by atoms with Crippen molar-refractivity contribution in [2.24, 2.45) is 0 Å². The van der Waals surface area contributed by atoms with Crippen molar-refractivity contribution in [3.8, 4) is 0 Å². The summed E-state index contributed by atoms with van der Waals surface area (Å²) in [6, 6.07) is 19.8. The summed E-state index contributed by atoms with van der Waals surface area (Å²) < 4.78 is 28.5. The summed E-state index contributed by atoms with van der Waals surface area (Å²) in [6.45, 7) is 7.61. The number of sulfonamides is 1. The Kier molecular flexibility index (Phi) is 6.81. The highest BCUT2D eigenvalue weighted by Gasteiger charge is 2.20. The van der Waals surface area contributed by atoms with Gasteiger partial charge in [-0.1, -0.05) is 49.4 Å². The third-order valence-corrected chi connectivity index (χ3v) is 6.77. The Balaban J connectivity index is 1.81. The molecule has 6 heteroatoms. The number of carbonyl (C=O) groups excluding carboxylic acids is 1. The molecule has 2 N–H and O–H groups in total. The standard InChI is InChI=1S/C25H28N2O3S/c1-5-20-10-13-21(14-11-20)19(4)26-25(28)22-12-9-18(3)24(16-22)31(29,30)27-23-8-6-7-17(2)15-23/h6-16,19,27H,5H2,1-4H3,(H,26,28). The van der Waals surface area contributed by atoms with Crippen LogP contribution < -0.4 is 10.0 Å². The van der Waals surface area contributed by atoms with Crippen molar-refractivity contribution in [2.45, 2.75) is 45.1 Å². The van der Waals surface area contributed by atoms with E-state index in [9.17, 15) is 13.2 Å². The average Bonchev–Trinajstić information content (AvgIpc) is 2.73. The van der Waals surface area contributed by atoms with Crippen molar-refractivity contribution in [2.75, 3.05) is 4.72 Å². The van der Waals surface area contributed by atoms with E-state index in [1.54, 1.807) is 37.3 Å². The molecule has 0 aliphatic carbocycles. The largest absolute Gasteiger partial charge is 0.346 e. The third-order valence-electron chi connectivity index (χ3n) is 5.25. The van der Waals surface area contributed by atoms with Gasteiger partial charge in [0, 0.05) is 11.3 Å². The van der Waals surface area contributed by atoms with Crippen molar-refractivity contribution in [1.29, 1.82) is 0 Å². The molecule has 1 atom stereocenters. The molecule has 0 saturated heterocycles. The van der Waals surface area contributed by atoms with Crippen molar-refractivity contribution in [1.82, 2.24) is 5.32 Å². The maximum absolute atomic E-state index is 13.0. The molecule has 0 saturated carbocycles. The fourth-order valence-corrected chi connectivity index (χ4v) is 4.68. The molecular weight excluding hydrogens is 408 g/mol. The smallest absolute Gasteiger partial charge is 0.262 e. The number of rotatable bonds is 7. The highest BCUT2D eigenvalue weighted by atomic mass is 32.2. The Morgan fingerprint density at radius 3 is 2.32 bits per heavy atom. The predicted octanol–water partition coefficient (Wildman–Crippen LogP) is 5.16. The molecule has 1 unspecified atom stereocenters. The van der Waals surface area contributed by atoms with Gasteiger partial charge in [0.05, 0.1) is 10.9 Å². The second-order valence-electron chi connectivity index (χ2n) is 7.75. The lowest BCUT2D eigenvalue weighted by Crippen LogP contribution is -2.27. The first-order valence-corrected chi connectivity index (χ1v) is 11.8. The monoisotopic (exact) mass is 436 g/mol. The maximum Gasteiger partial charge on any atom is 0.262 e. The van der Waals surface area contributed by atoms with Crippen molar-refractivity contribution in [3.63, 3.8) is 0 Å². The number of aryl methyl sites for hydroxylation is 3. The quantitative estimate of drug-likeness (QED) is 0.537. The SMILES string of the molecule is CCc1ccc(C(C)NC(=O)c2ccc(C)c(S(=O)(=O)Nc3cccc(C)c3)c2)cc1. The topological polar surface area (TPSA) is 75.3 Å². The van der Waals surface area contributed by atoms with Crippen LogP contribution in [0.4, 0.5) is 5.69 Å². The van der Waals surface area contributed by atoms with E-state index in [0.717, 1.165) is 17.5 Å². The van der Waals surface area contributed by atoms with Crippen LogP contribution in [0.2, 0.25) is 0 Å². The molecule has 5 nitrogen and oxygen atoms in total. The van der Waals surface area contributed by atoms with Gasteiger partial charge in [-0.15, -0.1) is 0 Å². The molecule has 0 radical (unpaired) electrons. The summed E-state index contributed by atoms with van der Waals surface area (Å²) >= 11 is 0. The minimum atomic E-state index is -3.84. The first kappa shape index (κ1) is 22.6.